The van der Waals surface area contributed by atoms with Crippen molar-refractivity contribution in [2.45, 2.75) is 19.1 Å². The quantitative estimate of drug-likeness (QED) is 0.646. The molecule has 0 amide bonds. The molecule has 0 aliphatic heterocycles. The van der Waals surface area contributed by atoms with Gasteiger partial charge >= 0.3 is 6.18 Å². The second kappa shape index (κ2) is 7.60. The predicted molar refractivity (Wildman–Crippen MR) is 84.7 cm³/mol. The van der Waals surface area contributed by atoms with Gasteiger partial charge in [0.05, 0.1) is 11.6 Å². The van der Waals surface area contributed by atoms with E-state index in [2.05, 4.69) is 25.4 Å². The van der Waals surface area contributed by atoms with E-state index in [-0.39, 0.29) is 0 Å². The van der Waals surface area contributed by atoms with Gasteiger partial charge in [-0.2, -0.15) is 18.3 Å². The molecule has 0 aliphatic rings. The van der Waals surface area contributed by atoms with E-state index in [1.165, 1.54) is 6.33 Å². The zero-order valence-corrected chi connectivity index (χ0v) is 14.3. The van der Waals surface area contributed by atoms with Crippen LogP contribution in [0.5, 0.6) is 0 Å². The molecule has 0 saturated heterocycles. The number of alkyl halides is 3. The monoisotopic (exact) mass is 361 g/mol. The Morgan fingerprint density at radius 1 is 1.46 bits per heavy atom. The van der Waals surface area contributed by atoms with Crippen molar-refractivity contribution in [1.29, 1.82) is 0 Å². The van der Waals surface area contributed by atoms with Crippen LogP contribution in [-0.2, 0) is 26.2 Å². The number of guanidine groups is 1. The van der Waals surface area contributed by atoms with Crippen molar-refractivity contribution in [1.82, 2.24) is 30.0 Å². The summed E-state index contributed by atoms with van der Waals surface area (Å²) in [5, 5.41) is 8.56. The normalized spacial score (nSPS) is 12.5. The Kier molecular flexibility index (Phi) is 5.75. The van der Waals surface area contributed by atoms with E-state index in [0.717, 1.165) is 22.5 Å². The summed E-state index contributed by atoms with van der Waals surface area (Å²) >= 11 is 1.00. The first kappa shape index (κ1) is 18.2. The molecule has 2 heterocycles. The maximum absolute atomic E-state index is 12.5. The van der Waals surface area contributed by atoms with Crippen LogP contribution in [0.3, 0.4) is 0 Å². The first-order valence-electron chi connectivity index (χ1n) is 7.07. The Balaban J connectivity index is 1.85. The van der Waals surface area contributed by atoms with Gasteiger partial charge in [-0.1, -0.05) is 0 Å². The van der Waals surface area contributed by atoms with Crippen molar-refractivity contribution in [2.24, 2.45) is 12.0 Å². The molecule has 24 heavy (non-hydrogen) atoms. The molecule has 0 unspecified atom stereocenters. The average molecular weight is 361 g/mol. The second-order valence-electron chi connectivity index (χ2n) is 5.00. The van der Waals surface area contributed by atoms with Crippen LogP contribution in [0.4, 0.5) is 13.2 Å². The third-order valence-corrected chi connectivity index (χ3v) is 4.13. The Hall–Kier alpha value is -2.17. The number of hydrogen-bond acceptors (Lipinski definition) is 5. The molecule has 7 nitrogen and oxygen atoms in total. The number of aliphatic imine (C=N–C) groups is 1. The van der Waals surface area contributed by atoms with Gasteiger partial charge < -0.3 is 10.2 Å². The highest BCUT2D eigenvalue weighted by molar-refractivity contribution is 7.09. The second-order valence-corrected chi connectivity index (χ2v) is 5.95. The van der Waals surface area contributed by atoms with Crippen molar-refractivity contribution in [3.63, 3.8) is 0 Å². The summed E-state index contributed by atoms with van der Waals surface area (Å²) in [6.07, 6.45) is -2.54. The smallest absolute Gasteiger partial charge is 0.356 e. The average Bonchev–Trinajstić information content (AvgIpc) is 3.13. The third kappa shape index (κ3) is 4.66. The molecule has 0 saturated carbocycles. The molecule has 2 aromatic rings. The molecule has 0 fully saturated rings. The van der Waals surface area contributed by atoms with Crippen LogP contribution in [-0.4, -0.2) is 51.2 Å². The summed E-state index contributed by atoms with van der Waals surface area (Å²) in [6.45, 7) is 0.937. The zero-order valence-electron chi connectivity index (χ0n) is 13.5. The Labute approximate surface area is 141 Å². The van der Waals surface area contributed by atoms with Gasteiger partial charge in [-0.3, -0.25) is 9.67 Å². The predicted octanol–water partition coefficient (Wildman–Crippen LogP) is 1.54. The van der Waals surface area contributed by atoms with E-state index in [4.69, 9.17) is 0 Å². The van der Waals surface area contributed by atoms with E-state index in [0.29, 0.717) is 30.5 Å². The molecule has 0 spiro atoms. The molecular formula is C13H18F3N7S. The molecule has 0 aromatic carbocycles. The largest absolute Gasteiger partial charge is 0.434 e. The van der Waals surface area contributed by atoms with Crippen molar-refractivity contribution in [3.05, 3.63) is 28.2 Å². The lowest BCUT2D eigenvalue weighted by Gasteiger charge is -2.21. The number of halogens is 3. The molecule has 1 N–H and O–H groups in total. The van der Waals surface area contributed by atoms with E-state index in [1.54, 1.807) is 18.8 Å². The van der Waals surface area contributed by atoms with Crippen molar-refractivity contribution >= 4 is 17.3 Å². The van der Waals surface area contributed by atoms with Crippen LogP contribution in [0.1, 0.15) is 16.5 Å². The molecular weight excluding hydrogens is 343 g/mol. The van der Waals surface area contributed by atoms with Crippen LogP contribution < -0.4 is 5.32 Å². The van der Waals surface area contributed by atoms with Crippen molar-refractivity contribution in [2.75, 3.05) is 20.6 Å². The molecule has 11 heteroatoms. The highest BCUT2D eigenvalue weighted by Crippen LogP contribution is 2.29. The van der Waals surface area contributed by atoms with Crippen molar-refractivity contribution < 1.29 is 13.2 Å². The number of hydrogen-bond donors (Lipinski definition) is 1. The minimum atomic E-state index is -4.39. The lowest BCUT2D eigenvalue weighted by molar-refractivity contribution is -0.140. The molecule has 132 valence electrons. The molecule has 0 radical (unpaired) electrons. The lowest BCUT2D eigenvalue weighted by Crippen LogP contribution is -2.39. The maximum Gasteiger partial charge on any atom is 0.434 e. The number of thiazole rings is 1. The van der Waals surface area contributed by atoms with Gasteiger partial charge in [0.2, 0.25) is 0 Å². The number of aromatic nitrogens is 4. The highest BCUT2D eigenvalue weighted by Gasteiger charge is 2.33. The molecule has 0 atom stereocenters. The van der Waals surface area contributed by atoms with Gasteiger partial charge in [-0.25, -0.2) is 9.97 Å². The number of rotatable bonds is 5. The van der Waals surface area contributed by atoms with Gasteiger partial charge in [0, 0.05) is 39.5 Å². The Morgan fingerprint density at radius 3 is 2.75 bits per heavy atom. The number of nitrogens with zero attached hydrogens (tertiary/aromatic N) is 6. The standard InChI is InChI=1S/C13H18F3N7S/c1-17-12(22(2)6-10-19-8-20-23(10)3)18-5-4-11-21-9(7-24-11)13(14,15)16/h7-8H,4-6H2,1-3H3,(H,17,18). The number of nitrogens with one attached hydrogen (secondary N) is 1. The number of aryl methyl sites for hydroxylation is 1. The first-order chi connectivity index (χ1) is 11.3. The van der Waals surface area contributed by atoms with E-state index in [1.807, 2.05) is 11.9 Å². The van der Waals surface area contributed by atoms with Crippen LogP contribution in [0.25, 0.3) is 0 Å². The van der Waals surface area contributed by atoms with Gasteiger partial charge in [0.1, 0.15) is 12.2 Å². The van der Waals surface area contributed by atoms with E-state index < -0.39 is 11.9 Å². The first-order valence-corrected chi connectivity index (χ1v) is 7.95. The molecule has 2 rings (SSSR count). The van der Waals surface area contributed by atoms with Crippen LogP contribution >= 0.6 is 11.3 Å². The minimum absolute atomic E-state index is 0.386. The summed E-state index contributed by atoms with van der Waals surface area (Å²) < 4.78 is 39.2. The van der Waals surface area contributed by atoms with Crippen LogP contribution in [0.15, 0.2) is 16.7 Å². The van der Waals surface area contributed by atoms with E-state index >= 15 is 0 Å². The van der Waals surface area contributed by atoms with Crippen LogP contribution in [0.2, 0.25) is 0 Å². The van der Waals surface area contributed by atoms with Gasteiger partial charge in [0.15, 0.2) is 11.7 Å². The SMILES string of the molecule is CN=C(NCCc1nc(C(F)(F)F)cs1)N(C)Cc1ncnn1C. The maximum atomic E-state index is 12.5. The summed E-state index contributed by atoms with van der Waals surface area (Å²) in [7, 11) is 5.28. The summed E-state index contributed by atoms with van der Waals surface area (Å²) in [4.78, 5) is 13.7. The van der Waals surface area contributed by atoms with Crippen LogP contribution in [0, 0.1) is 0 Å². The fourth-order valence-corrected chi connectivity index (χ4v) is 2.78. The fraction of sp³-hybridized carbons (Fsp3) is 0.538. The Bertz CT molecular complexity index is 692. The molecule has 0 aliphatic carbocycles. The van der Waals surface area contributed by atoms with Gasteiger partial charge in [-0.05, 0) is 0 Å². The minimum Gasteiger partial charge on any atom is -0.356 e. The van der Waals surface area contributed by atoms with E-state index in [9.17, 15) is 13.2 Å². The van der Waals surface area contributed by atoms with Gasteiger partial charge in [0.25, 0.3) is 0 Å². The Morgan fingerprint density at radius 2 is 2.21 bits per heavy atom. The van der Waals surface area contributed by atoms with Crippen molar-refractivity contribution in [3.8, 4) is 0 Å². The summed E-state index contributed by atoms with van der Waals surface area (Å²) in [6, 6.07) is 0. The highest BCUT2D eigenvalue weighted by atomic mass is 32.1. The summed E-state index contributed by atoms with van der Waals surface area (Å²) in [5.74, 6) is 1.39. The summed E-state index contributed by atoms with van der Waals surface area (Å²) in [5.41, 5.74) is -0.841. The third-order valence-electron chi connectivity index (χ3n) is 3.22. The topological polar surface area (TPSA) is 71.2 Å². The molecule has 0 bridgehead atoms. The molecule has 2 aromatic heterocycles. The fourth-order valence-electron chi connectivity index (χ4n) is 1.97. The zero-order chi connectivity index (χ0) is 17.7. The lowest BCUT2D eigenvalue weighted by atomic mass is 10.4. The van der Waals surface area contributed by atoms with Gasteiger partial charge in [-0.15, -0.1) is 11.3 Å².